The number of hydrogen-bond acceptors (Lipinski definition) is 2. The Morgan fingerprint density at radius 3 is 2.53 bits per heavy atom. The lowest BCUT2D eigenvalue weighted by Crippen LogP contribution is -2.11. The van der Waals surface area contributed by atoms with E-state index in [0.29, 0.717) is 6.04 Å². The highest BCUT2D eigenvalue weighted by molar-refractivity contribution is 7.26. The number of allylic oxidation sites excluding steroid dienone is 2. The molecular weight excluding hydrogens is 250 g/mol. The first-order chi connectivity index (χ1) is 9.42. The van der Waals surface area contributed by atoms with Gasteiger partial charge >= 0.3 is 0 Å². The quantitative estimate of drug-likeness (QED) is 0.689. The Bertz CT molecular complexity index is 798. The number of rotatable bonds is 2. The van der Waals surface area contributed by atoms with Crippen molar-refractivity contribution in [2.24, 2.45) is 0 Å². The molecule has 0 spiro atoms. The first-order valence-corrected chi connectivity index (χ1v) is 7.25. The molecule has 0 unspecified atom stereocenters. The lowest BCUT2D eigenvalue weighted by Gasteiger charge is -2.11. The number of anilines is 1. The fourth-order valence-corrected chi connectivity index (χ4v) is 3.75. The van der Waals surface area contributed by atoms with Gasteiger partial charge in [-0.3, -0.25) is 0 Å². The molecule has 19 heavy (non-hydrogen) atoms. The predicted octanol–water partition coefficient (Wildman–Crippen LogP) is 4.96. The van der Waals surface area contributed by atoms with Crippen molar-refractivity contribution in [2.45, 2.75) is 6.04 Å². The Kier molecular flexibility index (Phi) is 2.42. The number of nitrogens with one attached hydrogen (secondary N) is 1. The van der Waals surface area contributed by atoms with Crippen LogP contribution in [0.4, 0.5) is 5.69 Å². The molecule has 1 aliphatic carbocycles. The molecule has 0 saturated carbocycles. The molecule has 3 aromatic rings. The maximum absolute atomic E-state index is 3.58. The van der Waals surface area contributed by atoms with E-state index in [4.69, 9.17) is 0 Å². The van der Waals surface area contributed by atoms with Crippen LogP contribution in [0.25, 0.3) is 20.2 Å². The highest BCUT2D eigenvalue weighted by Crippen LogP contribution is 2.38. The summed E-state index contributed by atoms with van der Waals surface area (Å²) in [5.41, 5.74) is 1.22. The zero-order chi connectivity index (χ0) is 12.7. The molecule has 4 rings (SSSR count). The summed E-state index contributed by atoms with van der Waals surface area (Å²) in [7, 11) is 0. The summed E-state index contributed by atoms with van der Waals surface area (Å²) in [6.07, 6.45) is 8.52. The minimum atomic E-state index is 0.316. The molecule has 92 valence electrons. The molecular formula is C17H13NS. The zero-order valence-corrected chi connectivity index (χ0v) is 11.2. The van der Waals surface area contributed by atoms with Gasteiger partial charge in [0.25, 0.3) is 0 Å². The maximum atomic E-state index is 3.58. The molecule has 1 nitrogen and oxygen atoms in total. The van der Waals surface area contributed by atoms with Crippen molar-refractivity contribution < 1.29 is 0 Å². The molecule has 2 aromatic carbocycles. The Labute approximate surface area is 115 Å². The molecule has 2 heteroatoms. The Balaban J connectivity index is 1.90. The number of thiophene rings is 1. The molecule has 0 atom stereocenters. The smallest absolute Gasteiger partial charge is 0.0635 e. The number of fused-ring (bicyclic) bond motifs is 3. The van der Waals surface area contributed by atoms with Crippen LogP contribution in [0.15, 0.2) is 66.8 Å². The van der Waals surface area contributed by atoms with Gasteiger partial charge in [0, 0.05) is 15.5 Å². The molecule has 0 aliphatic heterocycles. The van der Waals surface area contributed by atoms with Crippen LogP contribution in [0, 0.1) is 0 Å². The van der Waals surface area contributed by atoms with E-state index in [-0.39, 0.29) is 0 Å². The van der Waals surface area contributed by atoms with Crippen LogP contribution in [0.3, 0.4) is 0 Å². The van der Waals surface area contributed by atoms with E-state index in [1.165, 1.54) is 25.9 Å². The van der Waals surface area contributed by atoms with Gasteiger partial charge in [0.1, 0.15) is 0 Å². The van der Waals surface area contributed by atoms with Crippen LogP contribution in [0.5, 0.6) is 0 Å². The van der Waals surface area contributed by atoms with Crippen molar-refractivity contribution in [1.29, 1.82) is 0 Å². The summed E-state index contributed by atoms with van der Waals surface area (Å²) < 4.78 is 2.70. The minimum absolute atomic E-state index is 0.316. The molecule has 0 saturated heterocycles. The minimum Gasteiger partial charge on any atom is -0.374 e. The third-order valence-electron chi connectivity index (χ3n) is 3.47. The molecule has 1 aromatic heterocycles. The van der Waals surface area contributed by atoms with Crippen LogP contribution in [-0.4, -0.2) is 6.04 Å². The van der Waals surface area contributed by atoms with Gasteiger partial charge in [-0.2, -0.15) is 0 Å². The molecule has 1 heterocycles. The second-order valence-corrected chi connectivity index (χ2v) is 5.77. The molecule has 0 radical (unpaired) electrons. The van der Waals surface area contributed by atoms with E-state index >= 15 is 0 Å². The predicted molar refractivity (Wildman–Crippen MR) is 85.0 cm³/mol. The summed E-state index contributed by atoms with van der Waals surface area (Å²) >= 11 is 1.86. The normalized spacial score (nSPS) is 14.7. The third-order valence-corrected chi connectivity index (χ3v) is 4.69. The zero-order valence-electron chi connectivity index (χ0n) is 10.3. The van der Waals surface area contributed by atoms with Crippen molar-refractivity contribution >= 4 is 37.2 Å². The van der Waals surface area contributed by atoms with E-state index in [2.05, 4.69) is 72.1 Å². The van der Waals surface area contributed by atoms with Gasteiger partial charge in [-0.25, -0.2) is 0 Å². The van der Waals surface area contributed by atoms with Gasteiger partial charge in [0.05, 0.1) is 16.4 Å². The highest BCUT2D eigenvalue weighted by atomic mass is 32.1. The Morgan fingerprint density at radius 2 is 1.63 bits per heavy atom. The van der Waals surface area contributed by atoms with Gasteiger partial charge in [-0.1, -0.05) is 54.6 Å². The average Bonchev–Trinajstić information content (AvgIpc) is 3.06. The summed E-state index contributed by atoms with van der Waals surface area (Å²) in [5.74, 6) is 0. The van der Waals surface area contributed by atoms with E-state index in [1.54, 1.807) is 0 Å². The van der Waals surface area contributed by atoms with Gasteiger partial charge in [0.15, 0.2) is 0 Å². The SMILES string of the molecule is C1=CC(Nc2cccc3c2sc2ccccc23)C=C1. The second kappa shape index (κ2) is 4.25. The fourth-order valence-electron chi connectivity index (χ4n) is 2.57. The maximum Gasteiger partial charge on any atom is 0.0635 e. The molecule has 0 amide bonds. The van der Waals surface area contributed by atoms with Crippen LogP contribution in [0.1, 0.15) is 0 Å². The van der Waals surface area contributed by atoms with Crippen LogP contribution >= 0.6 is 11.3 Å². The molecule has 0 fully saturated rings. The Morgan fingerprint density at radius 1 is 0.842 bits per heavy atom. The lowest BCUT2D eigenvalue weighted by molar-refractivity contribution is 1.14. The van der Waals surface area contributed by atoms with Gasteiger partial charge in [-0.15, -0.1) is 11.3 Å². The molecule has 0 bridgehead atoms. The number of hydrogen-bond donors (Lipinski definition) is 1. The summed E-state index contributed by atoms with van der Waals surface area (Å²) in [5, 5.41) is 6.28. The highest BCUT2D eigenvalue weighted by Gasteiger charge is 2.10. The Hall–Kier alpha value is -2.06. The largest absolute Gasteiger partial charge is 0.374 e. The first-order valence-electron chi connectivity index (χ1n) is 6.43. The monoisotopic (exact) mass is 263 g/mol. The molecule has 1 N–H and O–H groups in total. The van der Waals surface area contributed by atoms with Crippen molar-refractivity contribution in [3.63, 3.8) is 0 Å². The van der Waals surface area contributed by atoms with Crippen LogP contribution < -0.4 is 5.32 Å². The van der Waals surface area contributed by atoms with E-state index in [9.17, 15) is 0 Å². The number of benzene rings is 2. The second-order valence-electron chi connectivity index (χ2n) is 4.72. The fraction of sp³-hybridized carbons (Fsp3) is 0.0588. The topological polar surface area (TPSA) is 12.0 Å². The van der Waals surface area contributed by atoms with Crippen molar-refractivity contribution in [2.75, 3.05) is 5.32 Å². The van der Waals surface area contributed by atoms with Gasteiger partial charge in [-0.05, 0) is 12.1 Å². The van der Waals surface area contributed by atoms with E-state index < -0.39 is 0 Å². The van der Waals surface area contributed by atoms with Crippen LogP contribution in [0.2, 0.25) is 0 Å². The third kappa shape index (κ3) is 1.76. The lowest BCUT2D eigenvalue weighted by atomic mass is 10.1. The van der Waals surface area contributed by atoms with Crippen molar-refractivity contribution in [1.82, 2.24) is 0 Å². The van der Waals surface area contributed by atoms with Crippen molar-refractivity contribution in [3.05, 3.63) is 66.8 Å². The summed E-state index contributed by atoms with van der Waals surface area (Å²) in [4.78, 5) is 0. The first kappa shape index (κ1) is 10.8. The summed E-state index contributed by atoms with van der Waals surface area (Å²) in [6.45, 7) is 0. The van der Waals surface area contributed by atoms with Gasteiger partial charge < -0.3 is 5.32 Å². The van der Waals surface area contributed by atoms with Gasteiger partial charge in [0.2, 0.25) is 0 Å². The van der Waals surface area contributed by atoms with E-state index in [1.807, 2.05) is 11.3 Å². The van der Waals surface area contributed by atoms with Crippen molar-refractivity contribution in [3.8, 4) is 0 Å². The standard InChI is InChI=1S/C17H13NS/c1-2-7-12(6-1)18-15-10-5-9-14-13-8-3-4-11-16(13)19-17(14)15/h1-12,18H. The van der Waals surface area contributed by atoms with E-state index in [0.717, 1.165) is 0 Å². The van der Waals surface area contributed by atoms with Crippen LogP contribution in [-0.2, 0) is 0 Å². The molecule has 1 aliphatic rings. The summed E-state index contributed by atoms with van der Waals surface area (Å²) in [6, 6.07) is 15.4. The average molecular weight is 263 g/mol.